The van der Waals surface area contributed by atoms with Crippen molar-refractivity contribution in [3.8, 4) is 0 Å². The number of nitrogens with one attached hydrogen (secondary N) is 1. The number of rotatable bonds is 4. The van der Waals surface area contributed by atoms with E-state index in [1.807, 2.05) is 18.4 Å². The first-order valence-electron chi connectivity index (χ1n) is 6.61. The first kappa shape index (κ1) is 15.5. The highest BCUT2D eigenvalue weighted by atomic mass is 35.5. The summed E-state index contributed by atoms with van der Waals surface area (Å²) in [6, 6.07) is 5.39. The van der Waals surface area contributed by atoms with Gasteiger partial charge in [0, 0.05) is 12.3 Å². The van der Waals surface area contributed by atoms with Crippen molar-refractivity contribution in [3.63, 3.8) is 0 Å². The molecule has 6 heteroatoms. The molecule has 1 aromatic carbocycles. The third kappa shape index (κ3) is 3.59. The van der Waals surface area contributed by atoms with E-state index in [0.717, 1.165) is 24.2 Å². The van der Waals surface area contributed by atoms with Gasteiger partial charge in [-0.25, -0.2) is 4.79 Å². The Morgan fingerprint density at radius 2 is 2.40 bits per heavy atom. The summed E-state index contributed by atoms with van der Waals surface area (Å²) in [5, 5.41) is 12.7. The van der Waals surface area contributed by atoms with Crippen molar-refractivity contribution in [2.75, 3.05) is 24.7 Å². The summed E-state index contributed by atoms with van der Waals surface area (Å²) in [6.07, 6.45) is 3.81. The summed E-state index contributed by atoms with van der Waals surface area (Å²) in [4.78, 5) is 13.9. The van der Waals surface area contributed by atoms with Crippen LogP contribution in [0.3, 0.4) is 0 Å². The zero-order chi connectivity index (χ0) is 14.5. The zero-order valence-corrected chi connectivity index (χ0v) is 13.0. The number of hydrogen-bond donors (Lipinski definition) is 2. The standard InChI is InChI=1S/C14H19ClN2O2S/c1-20-9-10-4-5-12(15)13(7-10)16-14(19)17-6-2-3-11(17)8-18/h4-5,7,11,18H,2-3,6,8-9H2,1H3,(H,16,19)/t11-/m1/s1. The molecule has 110 valence electrons. The molecule has 0 aliphatic carbocycles. The van der Waals surface area contributed by atoms with Crippen molar-refractivity contribution < 1.29 is 9.90 Å². The Bertz CT molecular complexity index is 484. The maximum absolute atomic E-state index is 12.2. The molecular weight excluding hydrogens is 296 g/mol. The maximum Gasteiger partial charge on any atom is 0.322 e. The molecule has 1 saturated heterocycles. The van der Waals surface area contributed by atoms with Gasteiger partial charge in [0.05, 0.1) is 23.4 Å². The van der Waals surface area contributed by atoms with Gasteiger partial charge in [-0.2, -0.15) is 11.8 Å². The molecule has 0 aromatic heterocycles. The normalized spacial score (nSPS) is 18.4. The van der Waals surface area contributed by atoms with Gasteiger partial charge < -0.3 is 15.3 Å². The Morgan fingerprint density at radius 3 is 3.10 bits per heavy atom. The second-order valence-corrected chi connectivity index (χ2v) is 6.12. The van der Waals surface area contributed by atoms with Crippen LogP contribution in [0.5, 0.6) is 0 Å². The lowest BCUT2D eigenvalue weighted by molar-refractivity contribution is 0.166. The topological polar surface area (TPSA) is 52.6 Å². The van der Waals surface area contributed by atoms with Gasteiger partial charge in [-0.15, -0.1) is 0 Å². The van der Waals surface area contributed by atoms with Crippen molar-refractivity contribution >= 4 is 35.1 Å². The van der Waals surface area contributed by atoms with Crippen LogP contribution in [0, 0.1) is 0 Å². The quantitative estimate of drug-likeness (QED) is 0.897. The van der Waals surface area contributed by atoms with Crippen molar-refractivity contribution in [1.82, 2.24) is 4.90 Å². The number of likely N-dealkylation sites (tertiary alicyclic amines) is 1. The lowest BCUT2D eigenvalue weighted by atomic mass is 10.2. The first-order chi connectivity index (χ1) is 9.65. The van der Waals surface area contributed by atoms with Gasteiger partial charge in [-0.1, -0.05) is 17.7 Å². The van der Waals surface area contributed by atoms with E-state index in [1.165, 1.54) is 0 Å². The monoisotopic (exact) mass is 314 g/mol. The number of benzene rings is 1. The lowest BCUT2D eigenvalue weighted by Gasteiger charge is -2.23. The molecule has 2 rings (SSSR count). The van der Waals surface area contributed by atoms with Gasteiger partial charge in [-0.05, 0) is 36.8 Å². The van der Waals surface area contributed by atoms with Crippen LogP contribution < -0.4 is 5.32 Å². The van der Waals surface area contributed by atoms with Gasteiger partial charge in [0.2, 0.25) is 0 Å². The van der Waals surface area contributed by atoms with Gasteiger partial charge in [0.25, 0.3) is 0 Å². The maximum atomic E-state index is 12.2. The van der Waals surface area contributed by atoms with E-state index in [4.69, 9.17) is 11.6 Å². The minimum atomic E-state index is -0.190. The Balaban J connectivity index is 2.08. The van der Waals surface area contributed by atoms with Crippen LogP contribution in [0.15, 0.2) is 18.2 Å². The fourth-order valence-electron chi connectivity index (χ4n) is 2.40. The van der Waals surface area contributed by atoms with Crippen LogP contribution in [0.1, 0.15) is 18.4 Å². The summed E-state index contributed by atoms with van der Waals surface area (Å²) in [5.41, 5.74) is 1.75. The molecule has 0 spiro atoms. The number of carbonyl (C=O) groups excluding carboxylic acids is 1. The summed E-state index contributed by atoms with van der Waals surface area (Å²) in [7, 11) is 0. The van der Waals surface area contributed by atoms with E-state index in [-0.39, 0.29) is 18.7 Å². The van der Waals surface area contributed by atoms with Gasteiger partial charge >= 0.3 is 6.03 Å². The van der Waals surface area contributed by atoms with Gasteiger partial charge in [0.1, 0.15) is 0 Å². The fourth-order valence-corrected chi connectivity index (χ4v) is 3.08. The summed E-state index contributed by atoms with van der Waals surface area (Å²) in [6.45, 7) is 0.687. The minimum Gasteiger partial charge on any atom is -0.394 e. The van der Waals surface area contributed by atoms with E-state index in [1.54, 1.807) is 22.7 Å². The van der Waals surface area contributed by atoms with Crippen LogP contribution in [0.25, 0.3) is 0 Å². The number of anilines is 1. The smallest absolute Gasteiger partial charge is 0.322 e. The number of urea groups is 1. The second-order valence-electron chi connectivity index (χ2n) is 4.85. The first-order valence-corrected chi connectivity index (χ1v) is 8.38. The van der Waals surface area contributed by atoms with Crippen LogP contribution in [-0.2, 0) is 5.75 Å². The molecule has 1 aliphatic heterocycles. The number of aliphatic hydroxyl groups is 1. The van der Waals surface area contributed by atoms with E-state index < -0.39 is 0 Å². The molecule has 2 amide bonds. The number of amides is 2. The molecular formula is C14H19ClN2O2S. The lowest BCUT2D eigenvalue weighted by Crippen LogP contribution is -2.40. The third-order valence-electron chi connectivity index (χ3n) is 3.43. The van der Waals surface area contributed by atoms with Crippen molar-refractivity contribution in [3.05, 3.63) is 28.8 Å². The second kappa shape index (κ2) is 7.20. The molecule has 1 heterocycles. The predicted molar refractivity (Wildman–Crippen MR) is 84.5 cm³/mol. The summed E-state index contributed by atoms with van der Waals surface area (Å²) < 4.78 is 0. The average molecular weight is 315 g/mol. The van der Waals surface area contributed by atoms with Crippen molar-refractivity contribution in [2.45, 2.75) is 24.6 Å². The molecule has 1 aliphatic rings. The van der Waals surface area contributed by atoms with Crippen molar-refractivity contribution in [2.24, 2.45) is 0 Å². The molecule has 0 saturated carbocycles. The number of aliphatic hydroxyl groups excluding tert-OH is 1. The van der Waals surface area contributed by atoms with Crippen LogP contribution in [-0.4, -0.2) is 41.5 Å². The molecule has 1 fully saturated rings. The Morgan fingerprint density at radius 1 is 1.60 bits per heavy atom. The Hall–Kier alpha value is -0.910. The largest absolute Gasteiger partial charge is 0.394 e. The van der Waals surface area contributed by atoms with Crippen LogP contribution >= 0.6 is 23.4 Å². The predicted octanol–water partition coefficient (Wildman–Crippen LogP) is 3.19. The zero-order valence-electron chi connectivity index (χ0n) is 11.4. The molecule has 4 nitrogen and oxygen atoms in total. The molecule has 20 heavy (non-hydrogen) atoms. The van der Waals surface area contributed by atoms with Crippen LogP contribution in [0.4, 0.5) is 10.5 Å². The van der Waals surface area contributed by atoms with E-state index in [0.29, 0.717) is 17.3 Å². The van der Waals surface area contributed by atoms with Gasteiger partial charge in [0.15, 0.2) is 0 Å². The fraction of sp³-hybridized carbons (Fsp3) is 0.500. The third-order valence-corrected chi connectivity index (χ3v) is 4.38. The van der Waals surface area contributed by atoms with Crippen LogP contribution in [0.2, 0.25) is 5.02 Å². The highest BCUT2D eigenvalue weighted by Gasteiger charge is 2.28. The average Bonchev–Trinajstić information content (AvgIpc) is 2.91. The number of thioether (sulfide) groups is 1. The molecule has 0 radical (unpaired) electrons. The molecule has 1 atom stereocenters. The number of nitrogens with zero attached hydrogens (tertiary/aromatic N) is 1. The molecule has 1 aromatic rings. The van der Waals surface area contributed by atoms with Gasteiger partial charge in [-0.3, -0.25) is 0 Å². The van der Waals surface area contributed by atoms with Crippen molar-refractivity contribution in [1.29, 1.82) is 0 Å². The highest BCUT2D eigenvalue weighted by molar-refractivity contribution is 7.97. The van der Waals surface area contributed by atoms with E-state index in [2.05, 4.69) is 5.32 Å². The van der Waals surface area contributed by atoms with E-state index >= 15 is 0 Å². The molecule has 0 unspecified atom stereocenters. The minimum absolute atomic E-state index is 0.00761. The molecule has 0 bridgehead atoms. The number of halogens is 1. The molecule has 2 N–H and O–H groups in total. The summed E-state index contributed by atoms with van der Waals surface area (Å²) >= 11 is 7.85. The highest BCUT2D eigenvalue weighted by Crippen LogP contribution is 2.26. The Kier molecular flexibility index (Phi) is 5.57. The number of carbonyl (C=O) groups is 1. The SMILES string of the molecule is CSCc1ccc(Cl)c(NC(=O)N2CCC[C@@H]2CO)c1. The summed E-state index contributed by atoms with van der Waals surface area (Å²) in [5.74, 6) is 0.878. The van der Waals surface area contributed by atoms with E-state index in [9.17, 15) is 9.90 Å². The Labute approximate surface area is 128 Å². The number of hydrogen-bond acceptors (Lipinski definition) is 3.